The molecule has 3 nitrogen and oxygen atoms in total. The third kappa shape index (κ3) is 3.84. The van der Waals surface area contributed by atoms with Crippen LogP contribution in [0.5, 0.6) is 5.75 Å². The molecular weight excluding hydrogens is 392 g/mol. The fourth-order valence-corrected chi connectivity index (χ4v) is 4.37. The SMILES string of the molecule is CC.CC.CC.Oc1ccc2c(c1)c1ncc3n1c1c(cc(-c4ccccc4)cc21)CC3. The van der Waals surface area contributed by atoms with Crippen LogP contribution in [0.4, 0.5) is 0 Å². The molecule has 1 aliphatic rings. The maximum Gasteiger partial charge on any atom is 0.145 e. The Morgan fingerprint density at radius 3 is 2.16 bits per heavy atom. The van der Waals surface area contributed by atoms with Gasteiger partial charge in [-0.25, -0.2) is 4.98 Å². The van der Waals surface area contributed by atoms with Crippen LogP contribution in [0.1, 0.15) is 52.8 Å². The highest BCUT2D eigenvalue weighted by Gasteiger charge is 2.20. The number of phenols is 1. The molecule has 166 valence electrons. The average Bonchev–Trinajstić information content (AvgIpc) is 3.32. The highest BCUT2D eigenvalue weighted by atomic mass is 16.3. The Morgan fingerprint density at radius 1 is 0.719 bits per heavy atom. The largest absolute Gasteiger partial charge is 0.508 e. The summed E-state index contributed by atoms with van der Waals surface area (Å²) in [5, 5.41) is 13.4. The topological polar surface area (TPSA) is 37.5 Å². The number of nitrogens with zero attached hydrogens (tertiary/aromatic N) is 2. The fraction of sp³-hybridized carbons (Fsp3) is 0.276. The maximum absolute atomic E-state index is 10.0. The summed E-state index contributed by atoms with van der Waals surface area (Å²) >= 11 is 0. The van der Waals surface area contributed by atoms with E-state index in [9.17, 15) is 5.11 Å². The summed E-state index contributed by atoms with van der Waals surface area (Å²) in [6, 6.07) is 20.7. The third-order valence-electron chi connectivity index (χ3n) is 5.54. The van der Waals surface area contributed by atoms with E-state index in [2.05, 4.69) is 45.8 Å². The number of hydrogen-bond acceptors (Lipinski definition) is 2. The molecule has 0 aliphatic carbocycles. The molecule has 0 spiro atoms. The van der Waals surface area contributed by atoms with Gasteiger partial charge in [-0.15, -0.1) is 0 Å². The Kier molecular flexibility index (Phi) is 7.53. The molecule has 0 fully saturated rings. The summed E-state index contributed by atoms with van der Waals surface area (Å²) in [4.78, 5) is 4.67. The van der Waals surface area contributed by atoms with Gasteiger partial charge in [0.15, 0.2) is 0 Å². The molecule has 1 aliphatic heterocycles. The summed E-state index contributed by atoms with van der Waals surface area (Å²) in [5.74, 6) is 0.278. The van der Waals surface area contributed by atoms with Crippen molar-refractivity contribution in [1.29, 1.82) is 0 Å². The minimum absolute atomic E-state index is 0.278. The van der Waals surface area contributed by atoms with Gasteiger partial charge >= 0.3 is 0 Å². The molecule has 0 unspecified atom stereocenters. The van der Waals surface area contributed by atoms with Crippen LogP contribution in [0.3, 0.4) is 0 Å². The number of phenolic OH excluding ortho intramolecular Hbond substituents is 1. The van der Waals surface area contributed by atoms with E-state index >= 15 is 0 Å². The van der Waals surface area contributed by atoms with E-state index in [4.69, 9.17) is 0 Å². The van der Waals surface area contributed by atoms with E-state index in [0.717, 1.165) is 29.3 Å². The van der Waals surface area contributed by atoms with Gasteiger partial charge in [0.2, 0.25) is 0 Å². The molecule has 3 aromatic carbocycles. The number of aryl methyl sites for hydroxylation is 2. The zero-order valence-electron chi connectivity index (χ0n) is 20.1. The van der Waals surface area contributed by atoms with Gasteiger partial charge in [0.25, 0.3) is 0 Å². The number of aromatic hydroxyl groups is 1. The Hall–Kier alpha value is -3.33. The molecule has 0 amide bonds. The second kappa shape index (κ2) is 10.3. The van der Waals surface area contributed by atoms with E-state index < -0.39 is 0 Å². The first kappa shape index (κ1) is 23.3. The van der Waals surface area contributed by atoms with Crippen LogP contribution in [-0.4, -0.2) is 14.5 Å². The molecule has 6 rings (SSSR count). The van der Waals surface area contributed by atoms with Gasteiger partial charge in [0.1, 0.15) is 11.4 Å². The number of hydrogen-bond donors (Lipinski definition) is 1. The highest BCUT2D eigenvalue weighted by molar-refractivity contribution is 6.14. The predicted octanol–water partition coefficient (Wildman–Crippen LogP) is 8.19. The first-order valence-electron chi connectivity index (χ1n) is 11.9. The van der Waals surface area contributed by atoms with Crippen molar-refractivity contribution in [3.8, 4) is 16.9 Å². The Bertz CT molecular complexity index is 1330. The molecule has 2 aromatic heterocycles. The third-order valence-corrected chi connectivity index (χ3v) is 5.54. The van der Waals surface area contributed by atoms with E-state index in [0.29, 0.717) is 0 Å². The van der Waals surface area contributed by atoms with Crippen LogP contribution in [-0.2, 0) is 12.8 Å². The molecule has 0 bridgehead atoms. The molecular formula is C29H34N2O. The van der Waals surface area contributed by atoms with Gasteiger partial charge in [0.05, 0.1) is 5.52 Å². The van der Waals surface area contributed by atoms with Crippen molar-refractivity contribution in [2.75, 3.05) is 0 Å². The first-order valence-corrected chi connectivity index (χ1v) is 11.9. The lowest BCUT2D eigenvalue weighted by atomic mass is 9.92. The monoisotopic (exact) mass is 426 g/mol. The molecule has 3 heterocycles. The summed E-state index contributed by atoms with van der Waals surface area (Å²) in [6.45, 7) is 12.0. The standard InChI is InChI=1S/C23H16N2O.3C2H6/c26-18-8-9-19-20-11-16(14-4-2-1-3-5-14)10-15-6-7-17-13-24-23(21(19)12-18)25(17)22(15)20;3*1-2/h1-5,8-13,26H,6-7H2;3*1-2H3. The second-order valence-corrected chi connectivity index (χ2v) is 7.04. The first-order chi connectivity index (χ1) is 15.8. The van der Waals surface area contributed by atoms with Gasteiger partial charge in [-0.2, -0.15) is 0 Å². The average molecular weight is 427 g/mol. The van der Waals surface area contributed by atoms with Crippen molar-refractivity contribution in [2.24, 2.45) is 0 Å². The minimum Gasteiger partial charge on any atom is -0.508 e. The lowest BCUT2D eigenvalue weighted by molar-refractivity contribution is 0.476. The van der Waals surface area contributed by atoms with Crippen molar-refractivity contribution >= 4 is 27.3 Å². The highest BCUT2D eigenvalue weighted by Crippen LogP contribution is 2.38. The minimum atomic E-state index is 0.278. The molecule has 0 radical (unpaired) electrons. The predicted molar refractivity (Wildman–Crippen MR) is 139 cm³/mol. The van der Waals surface area contributed by atoms with Gasteiger partial charge in [-0.05, 0) is 65.3 Å². The quantitative estimate of drug-likeness (QED) is 0.274. The van der Waals surface area contributed by atoms with Crippen LogP contribution in [0.25, 0.3) is 38.4 Å². The Labute approximate surface area is 191 Å². The summed E-state index contributed by atoms with van der Waals surface area (Å²) in [5.41, 5.74) is 7.28. The molecule has 0 saturated heterocycles. The van der Waals surface area contributed by atoms with Crippen molar-refractivity contribution < 1.29 is 5.11 Å². The molecule has 0 saturated carbocycles. The molecule has 32 heavy (non-hydrogen) atoms. The van der Waals surface area contributed by atoms with Gasteiger partial charge < -0.3 is 5.11 Å². The van der Waals surface area contributed by atoms with Crippen LogP contribution in [0.15, 0.2) is 66.9 Å². The normalized spacial score (nSPS) is 11.3. The summed E-state index contributed by atoms with van der Waals surface area (Å²) in [7, 11) is 0. The lowest BCUT2D eigenvalue weighted by Crippen LogP contribution is -2.07. The number of benzene rings is 3. The van der Waals surface area contributed by atoms with Crippen molar-refractivity contribution in [3.05, 3.63) is 78.1 Å². The summed E-state index contributed by atoms with van der Waals surface area (Å²) < 4.78 is 2.28. The molecule has 3 heteroatoms. The zero-order valence-corrected chi connectivity index (χ0v) is 20.1. The smallest absolute Gasteiger partial charge is 0.145 e. The molecule has 5 aromatic rings. The molecule has 0 atom stereocenters. The Morgan fingerprint density at radius 2 is 1.44 bits per heavy atom. The van der Waals surface area contributed by atoms with Gasteiger partial charge in [0, 0.05) is 22.7 Å². The van der Waals surface area contributed by atoms with Crippen molar-refractivity contribution in [1.82, 2.24) is 9.38 Å². The number of aromatic nitrogens is 2. The van der Waals surface area contributed by atoms with Crippen molar-refractivity contribution in [3.63, 3.8) is 0 Å². The number of imidazole rings is 1. The van der Waals surface area contributed by atoms with Gasteiger partial charge in [-0.3, -0.25) is 4.40 Å². The second-order valence-electron chi connectivity index (χ2n) is 7.04. The van der Waals surface area contributed by atoms with E-state index in [-0.39, 0.29) is 5.75 Å². The van der Waals surface area contributed by atoms with E-state index in [1.165, 1.54) is 33.3 Å². The number of pyridine rings is 1. The summed E-state index contributed by atoms with van der Waals surface area (Å²) in [6.07, 6.45) is 4.00. The lowest BCUT2D eigenvalue weighted by Gasteiger charge is -2.20. The fourth-order valence-electron chi connectivity index (χ4n) is 4.37. The van der Waals surface area contributed by atoms with Crippen LogP contribution >= 0.6 is 0 Å². The molecule has 1 N–H and O–H groups in total. The van der Waals surface area contributed by atoms with Crippen molar-refractivity contribution in [2.45, 2.75) is 54.4 Å². The van der Waals surface area contributed by atoms with Crippen LogP contribution in [0, 0.1) is 0 Å². The van der Waals surface area contributed by atoms with E-state index in [1.807, 2.05) is 65.9 Å². The zero-order chi connectivity index (χ0) is 23.3. The maximum atomic E-state index is 10.0. The number of fused-ring (bicyclic) bond motifs is 3. The Balaban J connectivity index is 0.000000448. The van der Waals surface area contributed by atoms with Gasteiger partial charge in [-0.1, -0.05) is 71.9 Å². The van der Waals surface area contributed by atoms with Crippen LogP contribution < -0.4 is 0 Å². The van der Waals surface area contributed by atoms with E-state index in [1.54, 1.807) is 6.07 Å². The van der Waals surface area contributed by atoms with Crippen LogP contribution in [0.2, 0.25) is 0 Å². The number of rotatable bonds is 1.